The van der Waals surface area contributed by atoms with Gasteiger partial charge in [0.1, 0.15) is 0 Å². The monoisotopic (exact) mass is 834 g/mol. The summed E-state index contributed by atoms with van der Waals surface area (Å²) in [6, 6.07) is 94.3. The Morgan fingerprint density at radius 2 is 0.303 bits per heavy atom. The molecule has 0 saturated carbocycles. The van der Waals surface area contributed by atoms with E-state index in [1.807, 2.05) is 0 Å². The van der Waals surface area contributed by atoms with Gasteiger partial charge >= 0.3 is 0 Å². The van der Waals surface area contributed by atoms with Crippen molar-refractivity contribution in [2.24, 2.45) is 0 Å². The van der Waals surface area contributed by atoms with Crippen molar-refractivity contribution in [3.05, 3.63) is 255 Å². The summed E-state index contributed by atoms with van der Waals surface area (Å²) in [4.78, 5) is 0. The molecule has 0 aromatic heterocycles. The maximum Gasteiger partial charge on any atom is -0.000740 e. The molecule has 0 bridgehead atoms. The lowest BCUT2D eigenvalue weighted by Crippen LogP contribution is -1.98. The highest BCUT2D eigenvalue weighted by atomic mass is 14.3. The van der Waals surface area contributed by atoms with E-state index in [9.17, 15) is 0 Å². The Bertz CT molecular complexity index is 3710. The highest BCUT2D eigenvalue weighted by Crippen LogP contribution is 2.56. The molecule has 0 unspecified atom stereocenters. The van der Waals surface area contributed by atoms with Gasteiger partial charge in [0.15, 0.2) is 0 Å². The van der Waals surface area contributed by atoms with Crippen molar-refractivity contribution >= 4 is 64.6 Å². The largest absolute Gasteiger partial charge is 0.0622 e. The predicted molar refractivity (Wildman–Crippen MR) is 284 cm³/mol. The summed E-state index contributed by atoms with van der Waals surface area (Å²) >= 11 is 0. The maximum absolute atomic E-state index is 2.43. The zero-order valence-electron chi connectivity index (χ0n) is 36.2. The minimum absolute atomic E-state index is 1.19. The van der Waals surface area contributed by atoms with Crippen LogP contribution in [-0.4, -0.2) is 0 Å². The zero-order valence-corrected chi connectivity index (χ0v) is 36.2. The Hall–Kier alpha value is -8.58. The van der Waals surface area contributed by atoms with Crippen LogP contribution in [0.2, 0.25) is 0 Å². The fourth-order valence-corrected chi connectivity index (χ4v) is 11.2. The molecule has 0 nitrogen and oxygen atoms in total. The van der Waals surface area contributed by atoms with E-state index in [-0.39, 0.29) is 0 Å². The summed E-state index contributed by atoms with van der Waals surface area (Å²) in [5.41, 5.74) is 14.7. The molecule has 0 radical (unpaired) electrons. The Labute approximate surface area is 384 Å². The number of hydrogen-bond acceptors (Lipinski definition) is 0. The first-order valence-electron chi connectivity index (χ1n) is 22.9. The predicted octanol–water partition coefficient (Wildman–Crippen LogP) is 18.6. The van der Waals surface area contributed by atoms with Gasteiger partial charge in [-0.25, -0.2) is 0 Å². The van der Waals surface area contributed by atoms with Gasteiger partial charge in [-0.3, -0.25) is 0 Å². The molecule has 13 rings (SSSR count). The van der Waals surface area contributed by atoms with E-state index in [0.29, 0.717) is 0 Å². The molecule has 0 heteroatoms. The van der Waals surface area contributed by atoms with Crippen LogP contribution in [0.3, 0.4) is 0 Å². The lowest BCUT2D eigenvalue weighted by atomic mass is 9.76. The smallest absolute Gasteiger partial charge is 0.000740 e. The van der Waals surface area contributed by atoms with Gasteiger partial charge in [-0.15, -0.1) is 0 Å². The topological polar surface area (TPSA) is 0 Å². The fourth-order valence-electron chi connectivity index (χ4n) is 11.2. The second-order valence-electron chi connectivity index (χ2n) is 17.4. The molecule has 0 aliphatic rings. The van der Waals surface area contributed by atoms with E-state index in [4.69, 9.17) is 0 Å². The normalized spacial score (nSPS) is 11.6. The van der Waals surface area contributed by atoms with Crippen molar-refractivity contribution in [1.82, 2.24) is 0 Å². The lowest BCUT2D eigenvalue weighted by molar-refractivity contribution is 1.62. The summed E-state index contributed by atoms with van der Waals surface area (Å²) in [6.07, 6.45) is 0. The van der Waals surface area contributed by atoms with Crippen molar-refractivity contribution in [3.8, 4) is 66.8 Å². The van der Waals surface area contributed by atoms with Gasteiger partial charge in [0.2, 0.25) is 0 Å². The molecule has 66 heavy (non-hydrogen) atoms. The first kappa shape index (κ1) is 37.9. The van der Waals surface area contributed by atoms with E-state index < -0.39 is 0 Å². The third kappa shape index (κ3) is 5.86. The quantitative estimate of drug-likeness (QED) is 0.146. The zero-order chi connectivity index (χ0) is 43.6. The summed E-state index contributed by atoms with van der Waals surface area (Å²) in [5.74, 6) is 0. The molecule has 306 valence electrons. The van der Waals surface area contributed by atoms with E-state index >= 15 is 0 Å². The summed E-state index contributed by atoms with van der Waals surface area (Å²) in [5, 5.41) is 15.0. The molecule has 0 amide bonds. The molecule has 0 aliphatic carbocycles. The highest BCUT2D eigenvalue weighted by Gasteiger charge is 2.28. The minimum atomic E-state index is 1.19. The average Bonchev–Trinajstić information content (AvgIpc) is 3.40. The Balaban J connectivity index is 1.38. The highest BCUT2D eigenvalue weighted by molar-refractivity contribution is 6.40. The maximum atomic E-state index is 2.43. The van der Waals surface area contributed by atoms with Crippen LogP contribution >= 0.6 is 0 Å². The molecular weight excluding hydrogens is 793 g/mol. The van der Waals surface area contributed by atoms with Gasteiger partial charge in [0, 0.05) is 0 Å². The molecule has 0 heterocycles. The molecular formula is C66H42. The van der Waals surface area contributed by atoms with E-state index in [0.717, 1.165) is 0 Å². The lowest BCUT2D eigenvalue weighted by Gasteiger charge is -2.26. The second-order valence-corrected chi connectivity index (χ2v) is 17.4. The van der Waals surface area contributed by atoms with Gasteiger partial charge in [0.25, 0.3) is 0 Å². The van der Waals surface area contributed by atoms with Gasteiger partial charge < -0.3 is 0 Å². The molecule has 0 fully saturated rings. The number of fused-ring (bicyclic) bond motifs is 11. The summed E-state index contributed by atoms with van der Waals surface area (Å²) in [6.45, 7) is 0. The van der Waals surface area contributed by atoms with Crippen LogP contribution in [0.25, 0.3) is 131 Å². The van der Waals surface area contributed by atoms with E-state index in [1.165, 1.54) is 131 Å². The van der Waals surface area contributed by atoms with Crippen LogP contribution in [-0.2, 0) is 0 Å². The average molecular weight is 835 g/mol. The second kappa shape index (κ2) is 15.6. The standard InChI is InChI=1S/C66H42/c1-7-23-43(24-8-1)57-51-37-21-19-35-49(51)53-39-41-55-56-42-40-54-50-36-20-22-38-52(50)58(44-25-9-2-10-26-44)60(46-29-13-4-14-30-46)64(54)66(56)62(48-33-17-6-18-34-48)61(47-31-15-5-16-32-47)65(55)63(53)59(57)45-27-11-3-12-28-45/h1-42H. The molecule has 13 aromatic carbocycles. The summed E-state index contributed by atoms with van der Waals surface area (Å²) in [7, 11) is 0. The van der Waals surface area contributed by atoms with Gasteiger partial charge in [-0.1, -0.05) is 255 Å². The minimum Gasteiger partial charge on any atom is -0.0622 e. The van der Waals surface area contributed by atoms with Gasteiger partial charge in [-0.05, 0) is 131 Å². The molecule has 0 atom stereocenters. The Kier molecular flexibility index (Phi) is 8.96. The van der Waals surface area contributed by atoms with Crippen LogP contribution in [0.1, 0.15) is 0 Å². The number of hydrogen-bond donors (Lipinski definition) is 0. The van der Waals surface area contributed by atoms with Crippen molar-refractivity contribution < 1.29 is 0 Å². The van der Waals surface area contributed by atoms with E-state index in [2.05, 4.69) is 255 Å². The summed E-state index contributed by atoms with van der Waals surface area (Å²) < 4.78 is 0. The van der Waals surface area contributed by atoms with Gasteiger partial charge in [-0.2, -0.15) is 0 Å². The van der Waals surface area contributed by atoms with Crippen molar-refractivity contribution in [2.45, 2.75) is 0 Å². The van der Waals surface area contributed by atoms with E-state index in [1.54, 1.807) is 0 Å². The number of benzene rings is 13. The Morgan fingerprint density at radius 3 is 0.561 bits per heavy atom. The van der Waals surface area contributed by atoms with Gasteiger partial charge in [0.05, 0.1) is 0 Å². The van der Waals surface area contributed by atoms with Crippen LogP contribution in [0, 0.1) is 0 Å². The van der Waals surface area contributed by atoms with Crippen molar-refractivity contribution in [1.29, 1.82) is 0 Å². The first-order chi connectivity index (χ1) is 32.8. The van der Waals surface area contributed by atoms with Crippen LogP contribution in [0.15, 0.2) is 255 Å². The molecule has 13 aromatic rings. The van der Waals surface area contributed by atoms with Crippen LogP contribution < -0.4 is 0 Å². The molecule has 0 aliphatic heterocycles. The van der Waals surface area contributed by atoms with Crippen molar-refractivity contribution in [2.75, 3.05) is 0 Å². The Morgan fingerprint density at radius 1 is 0.121 bits per heavy atom. The molecule has 0 spiro atoms. The van der Waals surface area contributed by atoms with Crippen LogP contribution in [0.5, 0.6) is 0 Å². The molecule has 0 saturated heterocycles. The van der Waals surface area contributed by atoms with Crippen molar-refractivity contribution in [3.63, 3.8) is 0 Å². The van der Waals surface area contributed by atoms with Crippen LogP contribution in [0.4, 0.5) is 0 Å². The third-order valence-corrected chi connectivity index (χ3v) is 13.8. The SMILES string of the molecule is c1ccc(-c2c(-c3ccccc3)c3c(ccc4c5ccc6c7ccccc7c(-c7ccccc7)c(-c7ccccc7)c6c5c(-c5ccccc5)c(-c5ccccc5)c43)c3ccccc23)cc1. The number of rotatable bonds is 6. The molecule has 0 N–H and O–H groups in total. The fraction of sp³-hybridized carbons (Fsp3) is 0. The third-order valence-electron chi connectivity index (χ3n) is 13.8. The first-order valence-corrected chi connectivity index (χ1v) is 22.9.